The second kappa shape index (κ2) is 10.8. The van der Waals surface area contributed by atoms with Gasteiger partial charge in [0.25, 0.3) is 5.91 Å². The van der Waals surface area contributed by atoms with E-state index in [1.807, 2.05) is 25.1 Å². The van der Waals surface area contributed by atoms with Crippen LogP contribution in [0.15, 0.2) is 48.5 Å². The lowest BCUT2D eigenvalue weighted by Gasteiger charge is -2.22. The Morgan fingerprint density at radius 2 is 1.69 bits per heavy atom. The summed E-state index contributed by atoms with van der Waals surface area (Å²) < 4.78 is 5.74. The van der Waals surface area contributed by atoms with E-state index in [-0.39, 0.29) is 5.91 Å². The van der Waals surface area contributed by atoms with E-state index >= 15 is 0 Å². The Kier molecular flexibility index (Phi) is 7.71. The summed E-state index contributed by atoms with van der Waals surface area (Å²) in [5.74, 6) is 0.0833. The van der Waals surface area contributed by atoms with Gasteiger partial charge in [0, 0.05) is 29.5 Å². The maximum atomic E-state index is 12.8. The first-order chi connectivity index (χ1) is 17.2. The molecule has 0 aliphatic carbocycles. The molecule has 1 unspecified atom stereocenters. The molecular formula is C27H29Cl2N5O2. The third kappa shape index (κ3) is 5.42. The molecule has 0 radical (unpaired) electrons. The van der Waals surface area contributed by atoms with E-state index in [1.54, 1.807) is 29.9 Å². The largest absolute Gasteiger partial charge is 0.479 e. The van der Waals surface area contributed by atoms with Crippen molar-refractivity contribution in [1.29, 1.82) is 0 Å². The molecule has 36 heavy (non-hydrogen) atoms. The van der Waals surface area contributed by atoms with Crippen LogP contribution >= 0.6 is 23.2 Å². The minimum Gasteiger partial charge on any atom is -0.479 e. The van der Waals surface area contributed by atoms with Gasteiger partial charge in [0.2, 0.25) is 0 Å². The van der Waals surface area contributed by atoms with Crippen LogP contribution in [0.3, 0.4) is 0 Å². The van der Waals surface area contributed by atoms with Crippen molar-refractivity contribution in [3.63, 3.8) is 0 Å². The van der Waals surface area contributed by atoms with Gasteiger partial charge >= 0.3 is 0 Å². The van der Waals surface area contributed by atoms with Crippen molar-refractivity contribution in [2.45, 2.75) is 40.7 Å². The Balaban J connectivity index is 1.55. The molecule has 0 saturated carbocycles. The number of halogens is 2. The number of aryl methyl sites for hydroxylation is 2. The lowest BCUT2D eigenvalue weighted by Crippen LogP contribution is -2.30. The zero-order valence-corrected chi connectivity index (χ0v) is 22.5. The molecule has 1 atom stereocenters. The molecule has 1 amide bonds. The molecule has 0 aliphatic rings. The van der Waals surface area contributed by atoms with Crippen molar-refractivity contribution in [2.75, 3.05) is 23.3 Å². The minimum absolute atomic E-state index is 0.307. The SMILES string of the molecule is CCN(CC)c1ccc(-n2nc3cc(C)c(NC(=O)C(C)Oc4ccc(Cl)cc4Cl)cc3n2)c(C)c1. The maximum absolute atomic E-state index is 12.8. The van der Waals surface area contributed by atoms with Gasteiger partial charge in [-0.05, 0) is 94.3 Å². The number of nitrogens with one attached hydrogen (secondary N) is 1. The second-order valence-corrected chi connectivity index (χ2v) is 9.46. The fourth-order valence-electron chi connectivity index (χ4n) is 4.01. The molecule has 3 aromatic carbocycles. The average Bonchev–Trinajstić information content (AvgIpc) is 3.24. The summed E-state index contributed by atoms with van der Waals surface area (Å²) in [5.41, 5.74) is 6.10. The van der Waals surface area contributed by atoms with E-state index in [1.165, 1.54) is 5.69 Å². The van der Waals surface area contributed by atoms with Gasteiger partial charge in [-0.15, -0.1) is 10.2 Å². The van der Waals surface area contributed by atoms with E-state index in [2.05, 4.69) is 53.3 Å². The summed E-state index contributed by atoms with van der Waals surface area (Å²) in [6.45, 7) is 11.8. The zero-order chi connectivity index (χ0) is 26.0. The van der Waals surface area contributed by atoms with Gasteiger partial charge in [0.15, 0.2) is 6.10 Å². The molecular weight excluding hydrogens is 497 g/mol. The first-order valence-electron chi connectivity index (χ1n) is 11.9. The second-order valence-electron chi connectivity index (χ2n) is 8.61. The highest BCUT2D eigenvalue weighted by Gasteiger charge is 2.19. The molecule has 1 aromatic heterocycles. The number of amides is 1. The minimum atomic E-state index is -0.776. The summed E-state index contributed by atoms with van der Waals surface area (Å²) in [4.78, 5) is 16.8. The Morgan fingerprint density at radius 1 is 1.00 bits per heavy atom. The topological polar surface area (TPSA) is 72.3 Å². The van der Waals surface area contributed by atoms with Crippen LogP contribution in [0.5, 0.6) is 5.75 Å². The van der Waals surface area contributed by atoms with Crippen LogP contribution in [0.4, 0.5) is 11.4 Å². The van der Waals surface area contributed by atoms with Gasteiger partial charge < -0.3 is 15.0 Å². The number of rotatable bonds is 8. The molecule has 0 saturated heterocycles. The number of hydrogen-bond acceptors (Lipinski definition) is 5. The van der Waals surface area contributed by atoms with Crippen molar-refractivity contribution in [3.8, 4) is 11.4 Å². The first-order valence-corrected chi connectivity index (χ1v) is 12.6. The zero-order valence-electron chi connectivity index (χ0n) is 21.0. The summed E-state index contributed by atoms with van der Waals surface area (Å²) in [7, 11) is 0. The Morgan fingerprint density at radius 3 is 2.33 bits per heavy atom. The average molecular weight is 526 g/mol. The molecule has 0 fully saturated rings. The van der Waals surface area contributed by atoms with Crippen molar-refractivity contribution >= 4 is 51.5 Å². The van der Waals surface area contributed by atoms with Gasteiger partial charge in [-0.2, -0.15) is 4.80 Å². The van der Waals surface area contributed by atoms with Gasteiger partial charge in [-0.1, -0.05) is 23.2 Å². The highest BCUT2D eigenvalue weighted by molar-refractivity contribution is 6.35. The van der Waals surface area contributed by atoms with Crippen LogP contribution in [0.25, 0.3) is 16.7 Å². The normalized spacial score (nSPS) is 12.0. The number of fused-ring (bicyclic) bond motifs is 1. The lowest BCUT2D eigenvalue weighted by molar-refractivity contribution is -0.122. The smallest absolute Gasteiger partial charge is 0.265 e. The summed E-state index contributed by atoms with van der Waals surface area (Å²) in [5, 5.41) is 13.1. The molecule has 188 valence electrons. The number of nitrogens with zero attached hydrogens (tertiary/aromatic N) is 4. The highest BCUT2D eigenvalue weighted by Crippen LogP contribution is 2.29. The van der Waals surface area contributed by atoms with Crippen LogP contribution in [0, 0.1) is 13.8 Å². The molecule has 1 heterocycles. The quantitative estimate of drug-likeness (QED) is 0.280. The number of carbonyl (C=O) groups is 1. The van der Waals surface area contributed by atoms with Crippen molar-refractivity contribution in [3.05, 3.63) is 69.7 Å². The molecule has 0 bridgehead atoms. The number of anilines is 2. The molecule has 1 N–H and O–H groups in total. The molecule has 9 heteroatoms. The van der Waals surface area contributed by atoms with Gasteiger partial charge in [-0.3, -0.25) is 4.79 Å². The first kappa shape index (κ1) is 25.8. The van der Waals surface area contributed by atoms with Crippen molar-refractivity contribution < 1.29 is 9.53 Å². The number of ether oxygens (including phenoxy) is 1. The van der Waals surface area contributed by atoms with Crippen LogP contribution in [-0.2, 0) is 4.79 Å². The van der Waals surface area contributed by atoms with E-state index in [9.17, 15) is 4.79 Å². The third-order valence-electron chi connectivity index (χ3n) is 6.08. The van der Waals surface area contributed by atoms with Crippen molar-refractivity contribution in [1.82, 2.24) is 15.0 Å². The Hall–Kier alpha value is -3.29. The Bertz CT molecular complexity index is 1420. The number of aromatic nitrogens is 3. The monoisotopic (exact) mass is 525 g/mol. The van der Waals surface area contributed by atoms with E-state index < -0.39 is 6.10 Å². The summed E-state index contributed by atoms with van der Waals surface area (Å²) in [6.07, 6.45) is -0.776. The van der Waals surface area contributed by atoms with Gasteiger partial charge in [-0.25, -0.2) is 0 Å². The van der Waals surface area contributed by atoms with E-state index in [0.717, 1.165) is 35.4 Å². The predicted octanol–water partition coefficient (Wildman–Crippen LogP) is 6.60. The summed E-state index contributed by atoms with van der Waals surface area (Å²) in [6, 6.07) is 14.9. The van der Waals surface area contributed by atoms with Crippen LogP contribution in [-0.4, -0.2) is 40.1 Å². The molecule has 0 spiro atoms. The lowest BCUT2D eigenvalue weighted by atomic mass is 10.1. The number of benzene rings is 3. The van der Waals surface area contributed by atoms with Crippen LogP contribution in [0.2, 0.25) is 10.0 Å². The molecule has 0 aliphatic heterocycles. The van der Waals surface area contributed by atoms with Crippen molar-refractivity contribution in [2.24, 2.45) is 0 Å². The molecule has 4 rings (SSSR count). The molecule has 7 nitrogen and oxygen atoms in total. The predicted molar refractivity (Wildman–Crippen MR) is 147 cm³/mol. The van der Waals surface area contributed by atoms with Gasteiger partial charge in [0.1, 0.15) is 16.8 Å². The number of hydrogen-bond donors (Lipinski definition) is 1. The maximum Gasteiger partial charge on any atom is 0.265 e. The fraction of sp³-hybridized carbons (Fsp3) is 0.296. The highest BCUT2D eigenvalue weighted by atomic mass is 35.5. The summed E-state index contributed by atoms with van der Waals surface area (Å²) >= 11 is 12.1. The van der Waals surface area contributed by atoms with E-state index in [0.29, 0.717) is 27.0 Å². The van der Waals surface area contributed by atoms with Crippen LogP contribution < -0.4 is 15.0 Å². The fourth-order valence-corrected chi connectivity index (χ4v) is 4.46. The molecule has 4 aromatic rings. The van der Waals surface area contributed by atoms with Crippen LogP contribution in [0.1, 0.15) is 31.9 Å². The number of carbonyl (C=O) groups excluding carboxylic acids is 1. The van der Waals surface area contributed by atoms with E-state index in [4.69, 9.17) is 27.9 Å². The third-order valence-corrected chi connectivity index (χ3v) is 6.61. The Labute approximate surface area is 220 Å². The standard InChI is InChI=1S/C27H29Cl2N5O2/c1-6-33(7-2)20-9-10-25(17(4)12-20)34-31-23-13-16(3)22(15-24(23)32-34)30-27(35)18(5)36-26-11-8-19(28)14-21(26)29/h8-15,18H,6-7H2,1-5H3,(H,30,35). The van der Waals surface area contributed by atoms with Gasteiger partial charge in [0.05, 0.1) is 10.7 Å².